The molecule has 0 bridgehead atoms. The van der Waals surface area contributed by atoms with Crippen LogP contribution < -0.4 is 5.73 Å². The molecular formula is C6H4F3N3O2. The second kappa shape index (κ2) is 3.13. The number of nitrogens with zero attached hydrogens (tertiary/aromatic N) is 2. The Hall–Kier alpha value is -1.86. The van der Waals surface area contributed by atoms with E-state index >= 15 is 0 Å². The van der Waals surface area contributed by atoms with E-state index in [9.17, 15) is 23.3 Å². The number of nitro groups is 1. The first-order valence-corrected chi connectivity index (χ1v) is 3.30. The molecule has 76 valence electrons. The zero-order valence-electron chi connectivity index (χ0n) is 6.58. The molecular weight excluding hydrogens is 203 g/mol. The van der Waals surface area contributed by atoms with Gasteiger partial charge in [-0.25, -0.2) is 0 Å². The molecule has 5 nitrogen and oxygen atoms in total. The number of alkyl halides is 3. The maximum absolute atomic E-state index is 12.2. The van der Waals surface area contributed by atoms with Crippen molar-refractivity contribution in [3.05, 3.63) is 27.9 Å². The van der Waals surface area contributed by atoms with Crippen LogP contribution in [0.4, 0.5) is 24.7 Å². The normalized spacial score (nSPS) is 11.4. The van der Waals surface area contributed by atoms with Crippen LogP contribution in [0.15, 0.2) is 12.3 Å². The van der Waals surface area contributed by atoms with Gasteiger partial charge in [-0.05, 0) is 16.0 Å². The quantitative estimate of drug-likeness (QED) is 0.559. The van der Waals surface area contributed by atoms with E-state index in [1.54, 1.807) is 0 Å². The highest BCUT2D eigenvalue weighted by Gasteiger charge is 2.36. The van der Waals surface area contributed by atoms with Gasteiger partial charge < -0.3 is 15.8 Å². The summed E-state index contributed by atoms with van der Waals surface area (Å²) in [5.41, 5.74) is 2.73. The Bertz CT molecular complexity index is 377. The Kier molecular flexibility index (Phi) is 2.28. The lowest BCUT2D eigenvalue weighted by atomic mass is 10.2. The maximum Gasteiger partial charge on any atom is 0.418 e. The number of hydrogen-bond acceptors (Lipinski definition) is 4. The summed E-state index contributed by atoms with van der Waals surface area (Å²) < 4.78 is 36.5. The lowest BCUT2D eigenvalue weighted by Gasteiger charge is -2.07. The third-order valence-corrected chi connectivity index (χ3v) is 1.45. The highest BCUT2D eigenvalue weighted by molar-refractivity contribution is 5.59. The summed E-state index contributed by atoms with van der Waals surface area (Å²) in [5, 5.41) is 10.2. The Morgan fingerprint density at radius 1 is 1.50 bits per heavy atom. The Morgan fingerprint density at radius 2 is 2.07 bits per heavy atom. The molecule has 0 fully saturated rings. The third-order valence-electron chi connectivity index (χ3n) is 1.45. The van der Waals surface area contributed by atoms with Crippen LogP contribution in [0.1, 0.15) is 5.56 Å². The van der Waals surface area contributed by atoms with Gasteiger partial charge in [-0.15, -0.1) is 0 Å². The van der Waals surface area contributed by atoms with Crippen molar-refractivity contribution in [1.82, 2.24) is 4.98 Å². The number of anilines is 1. The van der Waals surface area contributed by atoms with Crippen molar-refractivity contribution in [2.75, 3.05) is 5.73 Å². The minimum Gasteiger partial charge on any atom is -0.391 e. The van der Waals surface area contributed by atoms with Gasteiger partial charge in [0.05, 0.1) is 5.56 Å². The number of nitrogens with two attached hydrogens (primary N) is 1. The van der Waals surface area contributed by atoms with E-state index in [4.69, 9.17) is 5.73 Å². The molecule has 0 aromatic carbocycles. The Labute approximate surface area is 75.5 Å². The molecule has 0 atom stereocenters. The SMILES string of the molecule is Nc1c(C(F)(F)F)ccnc1[N+](=O)[O-]. The van der Waals surface area contributed by atoms with Gasteiger partial charge in [0.1, 0.15) is 11.9 Å². The van der Waals surface area contributed by atoms with E-state index in [1.165, 1.54) is 0 Å². The molecule has 0 unspecified atom stereocenters. The zero-order valence-corrected chi connectivity index (χ0v) is 6.58. The van der Waals surface area contributed by atoms with Crippen molar-refractivity contribution in [2.45, 2.75) is 6.18 Å². The number of rotatable bonds is 1. The fourth-order valence-corrected chi connectivity index (χ4v) is 0.855. The van der Waals surface area contributed by atoms with Gasteiger partial charge in [0, 0.05) is 0 Å². The number of pyridine rings is 1. The molecule has 0 aliphatic carbocycles. The monoisotopic (exact) mass is 207 g/mol. The van der Waals surface area contributed by atoms with Crippen LogP contribution in [0.5, 0.6) is 0 Å². The van der Waals surface area contributed by atoms with Crippen LogP contribution in [0, 0.1) is 10.1 Å². The first-order valence-electron chi connectivity index (χ1n) is 3.30. The molecule has 8 heteroatoms. The largest absolute Gasteiger partial charge is 0.418 e. The van der Waals surface area contributed by atoms with E-state index in [1.807, 2.05) is 0 Å². The van der Waals surface area contributed by atoms with Crippen LogP contribution in [0.25, 0.3) is 0 Å². The summed E-state index contributed by atoms with van der Waals surface area (Å²) >= 11 is 0. The van der Waals surface area contributed by atoms with Gasteiger partial charge in [0.25, 0.3) is 0 Å². The molecule has 1 rings (SSSR count). The van der Waals surface area contributed by atoms with Crippen molar-refractivity contribution in [3.8, 4) is 0 Å². The van der Waals surface area contributed by atoms with E-state index in [2.05, 4.69) is 4.98 Å². The Morgan fingerprint density at radius 3 is 2.50 bits per heavy atom. The molecule has 2 N–H and O–H groups in total. The summed E-state index contributed by atoms with van der Waals surface area (Å²) in [4.78, 5) is 12.3. The van der Waals surface area contributed by atoms with Crippen LogP contribution in [0.2, 0.25) is 0 Å². The second-order valence-electron chi connectivity index (χ2n) is 2.35. The predicted octanol–water partition coefficient (Wildman–Crippen LogP) is 1.59. The van der Waals surface area contributed by atoms with Crippen LogP contribution in [-0.2, 0) is 6.18 Å². The molecule has 0 saturated heterocycles. The topological polar surface area (TPSA) is 82.0 Å². The first-order chi connectivity index (χ1) is 6.34. The average Bonchev–Trinajstić information content (AvgIpc) is 2.01. The van der Waals surface area contributed by atoms with Crippen LogP contribution in [-0.4, -0.2) is 9.91 Å². The van der Waals surface area contributed by atoms with Crippen molar-refractivity contribution in [1.29, 1.82) is 0 Å². The number of nitrogen functional groups attached to an aromatic ring is 1. The van der Waals surface area contributed by atoms with Gasteiger partial charge in [0.15, 0.2) is 0 Å². The second-order valence-corrected chi connectivity index (χ2v) is 2.35. The fourth-order valence-electron chi connectivity index (χ4n) is 0.855. The van der Waals surface area contributed by atoms with Crippen molar-refractivity contribution >= 4 is 11.5 Å². The highest BCUT2D eigenvalue weighted by Crippen LogP contribution is 2.36. The molecule has 1 aromatic heterocycles. The van der Waals surface area contributed by atoms with Gasteiger partial charge in [-0.3, -0.25) is 0 Å². The van der Waals surface area contributed by atoms with Crippen molar-refractivity contribution in [2.24, 2.45) is 0 Å². The molecule has 0 radical (unpaired) electrons. The van der Waals surface area contributed by atoms with E-state index in [0.717, 1.165) is 0 Å². The number of halogens is 3. The van der Waals surface area contributed by atoms with E-state index < -0.39 is 28.2 Å². The van der Waals surface area contributed by atoms with Gasteiger partial charge >= 0.3 is 12.0 Å². The summed E-state index contributed by atoms with van der Waals surface area (Å²) in [6.45, 7) is 0. The molecule has 0 aliphatic rings. The zero-order chi connectivity index (χ0) is 10.9. The highest BCUT2D eigenvalue weighted by atomic mass is 19.4. The van der Waals surface area contributed by atoms with E-state index in [0.29, 0.717) is 12.3 Å². The van der Waals surface area contributed by atoms with Gasteiger partial charge in [-0.2, -0.15) is 13.2 Å². The minimum absolute atomic E-state index is 0.586. The maximum atomic E-state index is 12.2. The average molecular weight is 207 g/mol. The lowest BCUT2D eigenvalue weighted by molar-refractivity contribution is -0.388. The standard InChI is InChI=1S/C6H4F3N3O2/c7-6(8,9)3-1-2-11-5(4(3)10)12(13)14/h1-2H,10H2. The molecule has 1 heterocycles. The first kappa shape index (κ1) is 10.2. The third kappa shape index (κ3) is 1.73. The molecule has 0 saturated carbocycles. The van der Waals surface area contributed by atoms with Crippen molar-refractivity contribution in [3.63, 3.8) is 0 Å². The summed E-state index contributed by atoms with van der Waals surface area (Å²) in [6, 6.07) is 0.586. The Balaban J connectivity index is 3.35. The van der Waals surface area contributed by atoms with Gasteiger partial charge in [-0.1, -0.05) is 0 Å². The molecule has 1 aromatic rings. The minimum atomic E-state index is -4.71. The lowest BCUT2D eigenvalue weighted by Crippen LogP contribution is -2.11. The van der Waals surface area contributed by atoms with Crippen LogP contribution >= 0.6 is 0 Å². The predicted molar refractivity (Wildman–Crippen MR) is 40.3 cm³/mol. The summed E-state index contributed by atoms with van der Waals surface area (Å²) in [6.07, 6.45) is -4.02. The van der Waals surface area contributed by atoms with Crippen LogP contribution in [0.3, 0.4) is 0 Å². The fraction of sp³-hybridized carbons (Fsp3) is 0.167. The summed E-state index contributed by atoms with van der Waals surface area (Å²) in [5.74, 6) is -0.986. The van der Waals surface area contributed by atoms with E-state index in [-0.39, 0.29) is 0 Å². The van der Waals surface area contributed by atoms with Gasteiger partial charge in [0.2, 0.25) is 0 Å². The molecule has 14 heavy (non-hydrogen) atoms. The molecule has 0 aliphatic heterocycles. The molecule has 0 spiro atoms. The molecule has 0 amide bonds. The number of hydrogen-bond donors (Lipinski definition) is 1. The smallest absolute Gasteiger partial charge is 0.391 e. The summed E-state index contributed by atoms with van der Waals surface area (Å²) in [7, 11) is 0. The number of aromatic nitrogens is 1. The van der Waals surface area contributed by atoms with Crippen molar-refractivity contribution < 1.29 is 18.1 Å².